The van der Waals surface area contributed by atoms with E-state index in [0.29, 0.717) is 5.02 Å². The number of hydrogen-bond donors (Lipinski definition) is 3. The number of H-pyrrole nitrogens is 1. The molecule has 4 rings (SSSR count). The van der Waals surface area contributed by atoms with Gasteiger partial charge in [-0.05, 0) is 53.6 Å². The molecular weight excluding hydrogens is 485 g/mol. The molecule has 0 aliphatic rings. The van der Waals surface area contributed by atoms with E-state index in [1.807, 2.05) is 24.3 Å². The van der Waals surface area contributed by atoms with Gasteiger partial charge >= 0.3 is 5.97 Å². The number of benzene rings is 3. The molecule has 0 spiro atoms. The Morgan fingerprint density at radius 2 is 1.69 bits per heavy atom. The van der Waals surface area contributed by atoms with Crippen LogP contribution in [0.25, 0.3) is 10.9 Å². The van der Waals surface area contributed by atoms with E-state index in [9.17, 15) is 18.8 Å². The fourth-order valence-electron chi connectivity index (χ4n) is 3.65. The summed E-state index contributed by atoms with van der Waals surface area (Å²) in [6, 6.07) is 18.4. The molecule has 0 unspecified atom stereocenters. The van der Waals surface area contributed by atoms with E-state index in [0.717, 1.165) is 34.2 Å². The van der Waals surface area contributed by atoms with Gasteiger partial charge in [0.05, 0.1) is 0 Å². The Balaban J connectivity index is 1.42. The van der Waals surface area contributed by atoms with Gasteiger partial charge in [0.25, 0.3) is 11.8 Å². The van der Waals surface area contributed by atoms with Gasteiger partial charge in [-0.15, -0.1) is 0 Å². The van der Waals surface area contributed by atoms with Crippen LogP contribution in [0.1, 0.15) is 21.5 Å². The van der Waals surface area contributed by atoms with Crippen LogP contribution >= 0.6 is 11.6 Å². The summed E-state index contributed by atoms with van der Waals surface area (Å²) in [5, 5.41) is 6.80. The van der Waals surface area contributed by atoms with Gasteiger partial charge in [0.15, 0.2) is 6.61 Å². The van der Waals surface area contributed by atoms with Crippen LogP contribution in [0.2, 0.25) is 5.02 Å². The molecule has 0 aliphatic carbocycles. The number of rotatable bonds is 9. The average molecular weight is 508 g/mol. The lowest BCUT2D eigenvalue weighted by atomic mass is 10.0. The van der Waals surface area contributed by atoms with E-state index >= 15 is 0 Å². The number of carbonyl (C=O) groups excluding carboxylic acids is 3. The first-order valence-electron chi connectivity index (χ1n) is 11.2. The minimum atomic E-state index is -1.08. The molecule has 0 bridgehead atoms. The van der Waals surface area contributed by atoms with Crippen molar-refractivity contribution in [2.45, 2.75) is 19.0 Å². The second-order valence-electron chi connectivity index (χ2n) is 8.11. The summed E-state index contributed by atoms with van der Waals surface area (Å²) in [4.78, 5) is 41.1. The third-order valence-electron chi connectivity index (χ3n) is 5.54. The number of ether oxygens (including phenoxy) is 1. The third-order valence-corrected chi connectivity index (χ3v) is 5.80. The van der Waals surface area contributed by atoms with E-state index in [1.54, 1.807) is 30.5 Å². The van der Waals surface area contributed by atoms with E-state index in [2.05, 4.69) is 15.6 Å². The first-order valence-corrected chi connectivity index (χ1v) is 11.6. The van der Waals surface area contributed by atoms with Crippen LogP contribution in [-0.2, 0) is 27.3 Å². The summed E-state index contributed by atoms with van der Waals surface area (Å²) < 4.78 is 18.5. The number of fused-ring (bicyclic) bond motifs is 1. The van der Waals surface area contributed by atoms with Crippen LogP contribution in [0.3, 0.4) is 0 Å². The Hall–Kier alpha value is -4.17. The van der Waals surface area contributed by atoms with Gasteiger partial charge in [-0.1, -0.05) is 41.9 Å². The first kappa shape index (κ1) is 24.9. The molecule has 1 atom stereocenters. The Morgan fingerprint density at radius 1 is 0.972 bits per heavy atom. The highest BCUT2D eigenvalue weighted by atomic mass is 35.5. The quantitative estimate of drug-likeness (QED) is 0.296. The standard InChI is InChI=1S/C27H23ClFN3O4/c28-20-9-5-17(6-10-20)14-31-25(33)16-36-27(35)24(32-26(34)18-7-11-21(29)12-8-18)13-19-15-30-23-4-2-1-3-22(19)23/h1-12,15,24,30H,13-14,16H2,(H,31,33)(H,32,34)/t24-/m1/s1. The third kappa shape index (κ3) is 6.49. The molecule has 0 radical (unpaired) electrons. The Bertz CT molecular complexity index is 1370. The average Bonchev–Trinajstić information content (AvgIpc) is 3.29. The summed E-state index contributed by atoms with van der Waals surface area (Å²) in [6.07, 6.45) is 1.88. The van der Waals surface area contributed by atoms with Gasteiger partial charge in [0.1, 0.15) is 11.9 Å². The molecule has 1 aromatic heterocycles. The monoisotopic (exact) mass is 507 g/mol. The maximum Gasteiger partial charge on any atom is 0.329 e. The van der Waals surface area contributed by atoms with Crippen LogP contribution in [0.15, 0.2) is 79.0 Å². The smallest absolute Gasteiger partial charge is 0.329 e. The highest BCUT2D eigenvalue weighted by Crippen LogP contribution is 2.20. The van der Waals surface area contributed by atoms with Crippen molar-refractivity contribution >= 4 is 40.3 Å². The predicted octanol–water partition coefficient (Wildman–Crippen LogP) is 4.16. The summed E-state index contributed by atoms with van der Waals surface area (Å²) in [5.41, 5.74) is 2.70. The van der Waals surface area contributed by atoms with Gasteiger partial charge in [0, 0.05) is 40.7 Å². The van der Waals surface area contributed by atoms with Crippen LogP contribution in [0, 0.1) is 5.82 Å². The normalized spacial score (nSPS) is 11.6. The van der Waals surface area contributed by atoms with Crippen molar-refractivity contribution in [2.75, 3.05) is 6.61 Å². The molecule has 0 saturated carbocycles. The second-order valence-corrected chi connectivity index (χ2v) is 8.54. The zero-order valence-corrected chi connectivity index (χ0v) is 19.8. The molecule has 3 aromatic carbocycles. The topological polar surface area (TPSA) is 100 Å². The number of carbonyl (C=O) groups is 3. The molecular formula is C27H23ClFN3O4. The molecule has 0 fully saturated rings. The molecule has 9 heteroatoms. The van der Waals surface area contributed by atoms with E-state index in [4.69, 9.17) is 16.3 Å². The van der Waals surface area contributed by atoms with Crippen molar-refractivity contribution in [3.8, 4) is 0 Å². The van der Waals surface area contributed by atoms with Crippen molar-refractivity contribution in [3.63, 3.8) is 0 Å². The molecule has 184 valence electrons. The molecule has 3 N–H and O–H groups in total. The SMILES string of the molecule is O=C(COC(=O)[C@@H](Cc1c[nH]c2ccccc12)NC(=O)c1ccc(F)cc1)NCc1ccc(Cl)cc1. The maximum atomic E-state index is 13.3. The minimum Gasteiger partial charge on any atom is -0.454 e. The summed E-state index contributed by atoms with van der Waals surface area (Å²) >= 11 is 5.86. The first-order chi connectivity index (χ1) is 17.4. The van der Waals surface area contributed by atoms with Gasteiger partial charge in [-0.25, -0.2) is 9.18 Å². The largest absolute Gasteiger partial charge is 0.454 e. The molecule has 7 nitrogen and oxygen atoms in total. The molecule has 0 aliphatic heterocycles. The zero-order valence-electron chi connectivity index (χ0n) is 19.1. The zero-order chi connectivity index (χ0) is 25.5. The lowest BCUT2D eigenvalue weighted by molar-refractivity contribution is -0.150. The maximum absolute atomic E-state index is 13.3. The van der Waals surface area contributed by atoms with Crippen molar-refractivity contribution in [1.29, 1.82) is 0 Å². The van der Waals surface area contributed by atoms with E-state index < -0.39 is 36.2 Å². The Labute approximate surface area is 211 Å². The second kappa shape index (κ2) is 11.5. The Kier molecular flexibility index (Phi) is 7.97. The minimum absolute atomic E-state index is 0.127. The molecule has 1 heterocycles. The number of nitrogens with one attached hydrogen (secondary N) is 3. The van der Waals surface area contributed by atoms with Crippen molar-refractivity contribution in [3.05, 3.63) is 107 Å². The van der Waals surface area contributed by atoms with Crippen LogP contribution in [0.4, 0.5) is 4.39 Å². The lowest BCUT2D eigenvalue weighted by Crippen LogP contribution is -2.44. The number of hydrogen-bond acceptors (Lipinski definition) is 4. The lowest BCUT2D eigenvalue weighted by Gasteiger charge is -2.18. The Morgan fingerprint density at radius 3 is 2.44 bits per heavy atom. The summed E-state index contributed by atoms with van der Waals surface area (Å²) in [5.74, 6) is -2.30. The predicted molar refractivity (Wildman–Crippen MR) is 134 cm³/mol. The van der Waals surface area contributed by atoms with Crippen molar-refractivity contribution in [2.24, 2.45) is 0 Å². The molecule has 4 aromatic rings. The fourth-order valence-corrected chi connectivity index (χ4v) is 3.77. The van der Waals surface area contributed by atoms with Gasteiger partial charge in [-0.3, -0.25) is 9.59 Å². The van der Waals surface area contributed by atoms with Crippen LogP contribution in [-0.4, -0.2) is 35.4 Å². The van der Waals surface area contributed by atoms with Gasteiger partial charge in [0.2, 0.25) is 0 Å². The van der Waals surface area contributed by atoms with Crippen LogP contribution in [0.5, 0.6) is 0 Å². The molecule has 0 saturated heterocycles. The van der Waals surface area contributed by atoms with Crippen molar-refractivity contribution < 1.29 is 23.5 Å². The number of amides is 2. The summed E-state index contributed by atoms with van der Waals surface area (Å²) in [7, 11) is 0. The number of aromatic amines is 1. The highest BCUT2D eigenvalue weighted by Gasteiger charge is 2.25. The van der Waals surface area contributed by atoms with Crippen LogP contribution < -0.4 is 10.6 Å². The summed E-state index contributed by atoms with van der Waals surface area (Å²) in [6.45, 7) is -0.267. The van der Waals surface area contributed by atoms with E-state index in [1.165, 1.54) is 12.1 Å². The number of halogens is 2. The fraction of sp³-hybridized carbons (Fsp3) is 0.148. The number of aromatic nitrogens is 1. The van der Waals surface area contributed by atoms with E-state index in [-0.39, 0.29) is 18.5 Å². The van der Waals surface area contributed by atoms with Gasteiger partial charge in [-0.2, -0.15) is 0 Å². The number of para-hydroxylation sites is 1. The molecule has 36 heavy (non-hydrogen) atoms. The van der Waals surface area contributed by atoms with Gasteiger partial charge < -0.3 is 20.4 Å². The highest BCUT2D eigenvalue weighted by molar-refractivity contribution is 6.30. The number of esters is 1. The van der Waals surface area contributed by atoms with Crippen molar-refractivity contribution in [1.82, 2.24) is 15.6 Å². The molecule has 2 amide bonds.